The molecule has 0 radical (unpaired) electrons. The largest absolute Gasteiger partial charge is 0.422 e. The van der Waals surface area contributed by atoms with E-state index in [0.29, 0.717) is 13.0 Å². The number of nitrogens with zero attached hydrogens (tertiary/aromatic N) is 2. The van der Waals surface area contributed by atoms with Crippen LogP contribution in [0.5, 0.6) is 0 Å². The highest BCUT2D eigenvalue weighted by atomic mass is 16.6. The van der Waals surface area contributed by atoms with Crippen molar-refractivity contribution in [3.63, 3.8) is 0 Å². The molecule has 5 nitrogen and oxygen atoms in total. The summed E-state index contributed by atoms with van der Waals surface area (Å²) in [6.45, 7) is 4.46. The average molecular weight is 507 g/mol. The Bertz CT molecular complexity index is 1270. The molecule has 1 fully saturated rings. The Kier molecular flexibility index (Phi) is 9.30. The molecule has 1 saturated heterocycles. The van der Waals surface area contributed by atoms with Gasteiger partial charge in [0.2, 0.25) is 0 Å². The van der Waals surface area contributed by atoms with E-state index in [9.17, 15) is 9.59 Å². The second kappa shape index (κ2) is 13.2. The molecule has 0 atom stereocenters. The lowest BCUT2D eigenvalue weighted by atomic mass is 10.1. The molecule has 3 aromatic carbocycles. The van der Waals surface area contributed by atoms with E-state index < -0.39 is 12.0 Å². The number of para-hydroxylation sites is 2. The van der Waals surface area contributed by atoms with Gasteiger partial charge in [0.25, 0.3) is 5.91 Å². The smallest absolute Gasteiger partial charge is 0.404 e. The number of carbonyl (C=O) groups excluding carboxylic acids is 2. The van der Waals surface area contributed by atoms with Gasteiger partial charge in [-0.25, -0.2) is 9.69 Å². The first-order valence-corrected chi connectivity index (χ1v) is 13.1. The van der Waals surface area contributed by atoms with E-state index in [1.165, 1.54) is 4.90 Å². The van der Waals surface area contributed by atoms with Gasteiger partial charge in [0.05, 0.1) is 0 Å². The number of cyclic esters (lactones) is 1. The predicted octanol–water partition coefficient (Wildman–Crippen LogP) is 8.56. The summed E-state index contributed by atoms with van der Waals surface area (Å²) in [4.78, 5) is 28.6. The molecule has 194 valence electrons. The number of carbonyl (C=O) groups is 2. The van der Waals surface area contributed by atoms with E-state index in [2.05, 4.69) is 54.3 Å². The number of anilines is 3. The first-order valence-electron chi connectivity index (χ1n) is 13.1. The van der Waals surface area contributed by atoms with Crippen LogP contribution in [0.15, 0.2) is 114 Å². The maximum absolute atomic E-state index is 12.9. The van der Waals surface area contributed by atoms with Gasteiger partial charge >= 0.3 is 6.09 Å². The number of unbranched alkanes of at least 4 members (excludes halogenated alkanes) is 1. The third-order valence-corrected chi connectivity index (χ3v) is 6.31. The van der Waals surface area contributed by atoms with Gasteiger partial charge in [-0.05, 0) is 80.6 Å². The van der Waals surface area contributed by atoms with Crippen LogP contribution in [0.1, 0.15) is 45.1 Å². The molecule has 1 aliphatic heterocycles. The van der Waals surface area contributed by atoms with Crippen molar-refractivity contribution >= 4 is 35.1 Å². The Labute approximate surface area is 225 Å². The SMILES string of the molecule is CC/C=C\CC/C=C(\C)CCN1C(=O)O/C(=C/c2ccc(N(c3ccccc3)c3ccccc3)cc2)C1=O. The quantitative estimate of drug-likeness (QED) is 0.148. The lowest BCUT2D eigenvalue weighted by molar-refractivity contribution is -0.123. The molecule has 1 heterocycles. The van der Waals surface area contributed by atoms with E-state index in [-0.39, 0.29) is 5.76 Å². The Morgan fingerprint density at radius 2 is 1.42 bits per heavy atom. The highest BCUT2D eigenvalue weighted by Crippen LogP contribution is 2.34. The Balaban J connectivity index is 1.44. The summed E-state index contributed by atoms with van der Waals surface area (Å²) in [6, 6.07) is 28.1. The highest BCUT2D eigenvalue weighted by molar-refractivity contribution is 6.09. The van der Waals surface area contributed by atoms with E-state index >= 15 is 0 Å². The molecule has 0 bridgehead atoms. The number of hydrogen-bond donors (Lipinski definition) is 0. The topological polar surface area (TPSA) is 49.9 Å². The second-order valence-corrected chi connectivity index (χ2v) is 9.19. The zero-order valence-electron chi connectivity index (χ0n) is 22.0. The summed E-state index contributed by atoms with van der Waals surface area (Å²) in [5.74, 6) is -0.343. The molecular formula is C33H34N2O3. The van der Waals surface area contributed by atoms with Gasteiger partial charge in [-0.2, -0.15) is 0 Å². The van der Waals surface area contributed by atoms with Crippen LogP contribution in [0, 0.1) is 0 Å². The maximum atomic E-state index is 12.9. The van der Waals surface area contributed by atoms with Crippen molar-refractivity contribution in [3.05, 3.63) is 120 Å². The summed E-state index contributed by atoms with van der Waals surface area (Å²) in [6.07, 6.45) is 11.1. The van der Waals surface area contributed by atoms with Crippen LogP contribution in [0.3, 0.4) is 0 Å². The lowest BCUT2D eigenvalue weighted by Gasteiger charge is -2.25. The molecule has 0 aliphatic carbocycles. The molecule has 2 amide bonds. The van der Waals surface area contributed by atoms with Crippen molar-refractivity contribution in [1.82, 2.24) is 4.90 Å². The van der Waals surface area contributed by atoms with E-state index in [4.69, 9.17) is 4.74 Å². The van der Waals surface area contributed by atoms with E-state index in [0.717, 1.165) is 47.5 Å². The second-order valence-electron chi connectivity index (χ2n) is 9.19. The normalized spacial score (nSPS) is 14.9. The van der Waals surface area contributed by atoms with Gasteiger partial charge in [-0.3, -0.25) is 4.79 Å². The van der Waals surface area contributed by atoms with Crippen LogP contribution in [-0.4, -0.2) is 23.4 Å². The minimum absolute atomic E-state index is 0.0528. The molecule has 4 rings (SSSR count). The summed E-state index contributed by atoms with van der Waals surface area (Å²) >= 11 is 0. The van der Waals surface area contributed by atoms with Gasteiger partial charge in [0.15, 0.2) is 5.76 Å². The van der Waals surface area contributed by atoms with Crippen LogP contribution in [0.25, 0.3) is 6.08 Å². The first-order chi connectivity index (χ1) is 18.6. The molecule has 0 unspecified atom stereocenters. The van der Waals surface area contributed by atoms with Gasteiger partial charge < -0.3 is 9.64 Å². The monoisotopic (exact) mass is 506 g/mol. The average Bonchev–Trinajstić information content (AvgIpc) is 3.21. The third-order valence-electron chi connectivity index (χ3n) is 6.31. The van der Waals surface area contributed by atoms with Crippen LogP contribution in [0.4, 0.5) is 21.9 Å². The number of imide groups is 1. The van der Waals surface area contributed by atoms with Crippen molar-refractivity contribution in [2.24, 2.45) is 0 Å². The third kappa shape index (κ3) is 6.88. The van der Waals surface area contributed by atoms with Crippen LogP contribution in [0.2, 0.25) is 0 Å². The Morgan fingerprint density at radius 1 is 0.816 bits per heavy atom. The van der Waals surface area contributed by atoms with Crippen molar-refractivity contribution in [2.45, 2.75) is 39.5 Å². The molecule has 1 aliphatic rings. The van der Waals surface area contributed by atoms with Crippen molar-refractivity contribution in [1.29, 1.82) is 0 Å². The fourth-order valence-corrected chi connectivity index (χ4v) is 4.27. The van der Waals surface area contributed by atoms with Gasteiger partial charge in [0.1, 0.15) is 0 Å². The number of hydrogen-bond acceptors (Lipinski definition) is 4. The summed E-state index contributed by atoms with van der Waals surface area (Å²) in [7, 11) is 0. The molecule has 5 heteroatoms. The molecule has 0 N–H and O–H groups in total. The zero-order valence-corrected chi connectivity index (χ0v) is 22.0. The molecule has 3 aromatic rings. The minimum Gasteiger partial charge on any atom is -0.404 e. The number of allylic oxidation sites excluding steroid dienone is 3. The minimum atomic E-state index is -0.615. The predicted molar refractivity (Wildman–Crippen MR) is 154 cm³/mol. The van der Waals surface area contributed by atoms with E-state index in [1.807, 2.05) is 67.6 Å². The van der Waals surface area contributed by atoms with Gasteiger partial charge in [-0.1, -0.05) is 79.3 Å². The van der Waals surface area contributed by atoms with Crippen molar-refractivity contribution < 1.29 is 14.3 Å². The Morgan fingerprint density at radius 3 is 2.03 bits per heavy atom. The van der Waals surface area contributed by atoms with Crippen molar-refractivity contribution in [3.8, 4) is 0 Å². The number of amides is 2. The van der Waals surface area contributed by atoms with Gasteiger partial charge in [-0.15, -0.1) is 0 Å². The number of ether oxygens (including phenoxy) is 1. The van der Waals surface area contributed by atoms with Crippen LogP contribution < -0.4 is 4.90 Å². The summed E-state index contributed by atoms with van der Waals surface area (Å²) in [5, 5.41) is 0. The Hall–Kier alpha value is -4.38. The first kappa shape index (κ1) is 26.7. The highest BCUT2D eigenvalue weighted by Gasteiger charge is 2.36. The van der Waals surface area contributed by atoms with Crippen LogP contribution in [-0.2, 0) is 9.53 Å². The summed E-state index contributed by atoms with van der Waals surface area (Å²) < 4.78 is 5.32. The van der Waals surface area contributed by atoms with E-state index in [1.54, 1.807) is 6.08 Å². The molecule has 0 aromatic heterocycles. The molecule has 0 saturated carbocycles. The standard InChI is InChI=1S/C33H34N2O3/c1-3-4-5-6-9-14-26(2)23-24-34-32(36)31(38-33(34)37)25-27-19-21-30(22-20-27)35(28-15-10-7-11-16-28)29-17-12-8-13-18-29/h4-5,7-8,10-22,25H,3,6,9,23-24H2,1-2H3/b5-4-,26-14+,31-25+. The maximum Gasteiger partial charge on any atom is 0.422 e. The lowest BCUT2D eigenvalue weighted by Crippen LogP contribution is -2.29. The molecular weight excluding hydrogens is 472 g/mol. The summed E-state index contributed by atoms with van der Waals surface area (Å²) in [5.41, 5.74) is 5.01. The van der Waals surface area contributed by atoms with Crippen LogP contribution >= 0.6 is 0 Å². The fourth-order valence-electron chi connectivity index (χ4n) is 4.27. The zero-order chi connectivity index (χ0) is 26.7. The van der Waals surface area contributed by atoms with Crippen molar-refractivity contribution in [2.75, 3.05) is 11.4 Å². The van der Waals surface area contributed by atoms with Gasteiger partial charge in [0, 0.05) is 23.6 Å². The molecule has 0 spiro atoms. The fraction of sp³-hybridized carbons (Fsp3) is 0.212. The molecule has 38 heavy (non-hydrogen) atoms. The number of rotatable bonds is 11. The number of benzene rings is 3.